The van der Waals surface area contributed by atoms with Gasteiger partial charge in [0.2, 0.25) is 5.90 Å². The lowest BCUT2D eigenvalue weighted by Crippen LogP contribution is -2.11. The summed E-state index contributed by atoms with van der Waals surface area (Å²) in [5.74, 6) is 1.03. The molecule has 0 atom stereocenters. The number of esters is 1. The van der Waals surface area contributed by atoms with Crippen molar-refractivity contribution in [2.24, 2.45) is 4.99 Å². The number of ether oxygens (including phenoxy) is 3. The summed E-state index contributed by atoms with van der Waals surface area (Å²) in [4.78, 5) is 16.9. The number of benzene rings is 3. The van der Waals surface area contributed by atoms with Crippen LogP contribution >= 0.6 is 0 Å². The predicted octanol–water partition coefficient (Wildman–Crippen LogP) is 6.22. The van der Waals surface area contributed by atoms with E-state index >= 15 is 0 Å². The van der Waals surface area contributed by atoms with Crippen LogP contribution in [0.15, 0.2) is 77.4 Å². The number of methoxy groups -OCH3 is 1. The van der Waals surface area contributed by atoms with E-state index in [0.717, 1.165) is 16.7 Å². The molecule has 1 aliphatic heterocycles. The molecule has 0 spiro atoms. The summed E-state index contributed by atoms with van der Waals surface area (Å²) in [7, 11) is 1.60. The summed E-state index contributed by atoms with van der Waals surface area (Å²) in [6.45, 7) is 8.93. The second kappa shape index (κ2) is 9.56. The fourth-order valence-corrected chi connectivity index (χ4v) is 3.54. The van der Waals surface area contributed by atoms with E-state index in [1.807, 2.05) is 61.5 Å². The van der Waals surface area contributed by atoms with Gasteiger partial charge in [-0.2, -0.15) is 0 Å². The number of cyclic esters (lactones) is 1. The van der Waals surface area contributed by atoms with Crippen molar-refractivity contribution in [3.05, 3.63) is 100 Å². The minimum atomic E-state index is -0.479. The molecule has 0 amide bonds. The van der Waals surface area contributed by atoms with Gasteiger partial charge in [-0.3, -0.25) is 0 Å². The Hall–Kier alpha value is -3.86. The van der Waals surface area contributed by atoms with Crippen LogP contribution in [0.4, 0.5) is 0 Å². The van der Waals surface area contributed by atoms with Crippen molar-refractivity contribution >= 4 is 17.9 Å². The van der Waals surface area contributed by atoms with Gasteiger partial charge in [-0.05, 0) is 59.4 Å². The maximum absolute atomic E-state index is 12.5. The average Bonchev–Trinajstić information content (AvgIpc) is 3.18. The Bertz CT molecular complexity index is 1250. The fourth-order valence-electron chi connectivity index (χ4n) is 3.54. The third-order valence-corrected chi connectivity index (χ3v) is 5.62. The second-order valence-corrected chi connectivity index (χ2v) is 9.35. The van der Waals surface area contributed by atoms with Crippen LogP contribution in [-0.4, -0.2) is 19.0 Å². The van der Waals surface area contributed by atoms with E-state index in [-0.39, 0.29) is 11.1 Å². The Morgan fingerprint density at radius 1 is 0.941 bits per heavy atom. The maximum Gasteiger partial charge on any atom is 0.363 e. The van der Waals surface area contributed by atoms with Crippen LogP contribution in [0.2, 0.25) is 0 Å². The van der Waals surface area contributed by atoms with Gasteiger partial charge in [-0.1, -0.05) is 68.8 Å². The van der Waals surface area contributed by atoms with Crippen molar-refractivity contribution in [1.29, 1.82) is 0 Å². The van der Waals surface area contributed by atoms with Gasteiger partial charge >= 0.3 is 5.97 Å². The van der Waals surface area contributed by atoms with Crippen LogP contribution < -0.4 is 9.47 Å². The van der Waals surface area contributed by atoms with E-state index in [9.17, 15) is 4.79 Å². The highest BCUT2D eigenvalue weighted by Crippen LogP contribution is 2.31. The Kier molecular flexibility index (Phi) is 6.55. The number of aliphatic imine (C=N–C) groups is 1. The van der Waals surface area contributed by atoms with Crippen LogP contribution in [0.1, 0.15) is 48.6 Å². The second-order valence-electron chi connectivity index (χ2n) is 9.35. The van der Waals surface area contributed by atoms with Crippen molar-refractivity contribution in [2.75, 3.05) is 7.11 Å². The largest absolute Gasteiger partial charge is 0.493 e. The van der Waals surface area contributed by atoms with Crippen molar-refractivity contribution in [3.63, 3.8) is 0 Å². The number of rotatable bonds is 6. The molecule has 0 fully saturated rings. The molecule has 0 unspecified atom stereocenters. The molecule has 34 heavy (non-hydrogen) atoms. The van der Waals surface area contributed by atoms with Gasteiger partial charge in [0.05, 0.1) is 7.11 Å². The first-order valence-corrected chi connectivity index (χ1v) is 11.2. The SMILES string of the molecule is COc1ccc(/C=C2/N=C(c3ccc(C(C)(C)C)cc3)OC2=O)cc1OCc1ccc(C)cc1. The van der Waals surface area contributed by atoms with Gasteiger partial charge in [0.15, 0.2) is 17.2 Å². The van der Waals surface area contributed by atoms with Crippen LogP contribution in [0.3, 0.4) is 0 Å². The number of carbonyl (C=O) groups is 1. The fraction of sp³-hybridized carbons (Fsp3) is 0.241. The van der Waals surface area contributed by atoms with Crippen LogP contribution in [0.5, 0.6) is 11.5 Å². The smallest absolute Gasteiger partial charge is 0.363 e. The molecule has 0 aliphatic carbocycles. The van der Waals surface area contributed by atoms with E-state index < -0.39 is 5.97 Å². The Labute approximate surface area is 200 Å². The molecule has 3 aromatic carbocycles. The normalized spacial score (nSPS) is 14.7. The van der Waals surface area contributed by atoms with E-state index in [4.69, 9.17) is 14.2 Å². The molecule has 0 radical (unpaired) electrons. The number of hydrogen-bond donors (Lipinski definition) is 0. The third kappa shape index (κ3) is 5.37. The molecule has 3 aromatic rings. The highest BCUT2D eigenvalue weighted by molar-refractivity contribution is 6.12. The first kappa shape index (κ1) is 23.3. The van der Waals surface area contributed by atoms with E-state index in [1.165, 1.54) is 11.1 Å². The van der Waals surface area contributed by atoms with Crippen molar-refractivity contribution in [1.82, 2.24) is 0 Å². The molecule has 174 valence electrons. The number of aryl methyl sites for hydroxylation is 1. The van der Waals surface area contributed by atoms with Gasteiger partial charge in [0.25, 0.3) is 0 Å². The molecular formula is C29H29NO4. The van der Waals surface area contributed by atoms with E-state index in [1.54, 1.807) is 13.2 Å². The molecule has 5 heteroatoms. The zero-order chi connectivity index (χ0) is 24.3. The van der Waals surface area contributed by atoms with Crippen LogP contribution in [-0.2, 0) is 21.6 Å². The number of carbonyl (C=O) groups excluding carboxylic acids is 1. The molecular weight excluding hydrogens is 426 g/mol. The first-order valence-electron chi connectivity index (χ1n) is 11.2. The molecule has 1 heterocycles. The zero-order valence-corrected chi connectivity index (χ0v) is 20.2. The molecule has 0 saturated heterocycles. The highest BCUT2D eigenvalue weighted by atomic mass is 16.6. The quantitative estimate of drug-likeness (QED) is 0.327. The summed E-state index contributed by atoms with van der Waals surface area (Å²) in [6.07, 6.45) is 1.69. The van der Waals surface area contributed by atoms with Crippen LogP contribution in [0.25, 0.3) is 6.08 Å². The van der Waals surface area contributed by atoms with Crippen LogP contribution in [0, 0.1) is 6.92 Å². The van der Waals surface area contributed by atoms with Gasteiger partial charge in [-0.15, -0.1) is 0 Å². The average molecular weight is 456 g/mol. The van der Waals surface area contributed by atoms with Gasteiger partial charge in [0.1, 0.15) is 6.61 Å². The molecule has 5 nitrogen and oxygen atoms in total. The Morgan fingerprint density at radius 3 is 2.29 bits per heavy atom. The summed E-state index contributed by atoms with van der Waals surface area (Å²) < 4.78 is 16.9. The molecule has 4 rings (SSSR count). The molecule has 0 N–H and O–H groups in total. The highest BCUT2D eigenvalue weighted by Gasteiger charge is 2.25. The number of nitrogens with zero attached hydrogens (tertiary/aromatic N) is 1. The lowest BCUT2D eigenvalue weighted by molar-refractivity contribution is -0.129. The monoisotopic (exact) mass is 455 g/mol. The lowest BCUT2D eigenvalue weighted by Gasteiger charge is -2.18. The van der Waals surface area contributed by atoms with E-state index in [0.29, 0.717) is 24.0 Å². The van der Waals surface area contributed by atoms with Crippen molar-refractivity contribution < 1.29 is 19.0 Å². The maximum atomic E-state index is 12.5. The molecule has 0 saturated carbocycles. The topological polar surface area (TPSA) is 57.1 Å². The molecule has 0 bridgehead atoms. The Balaban J connectivity index is 1.55. The van der Waals surface area contributed by atoms with Gasteiger partial charge in [0, 0.05) is 5.56 Å². The summed E-state index contributed by atoms with van der Waals surface area (Å²) in [5.41, 5.74) is 5.27. The van der Waals surface area contributed by atoms with Crippen molar-refractivity contribution in [2.45, 2.75) is 39.7 Å². The lowest BCUT2D eigenvalue weighted by atomic mass is 9.87. The minimum Gasteiger partial charge on any atom is -0.493 e. The zero-order valence-electron chi connectivity index (χ0n) is 20.2. The standard InChI is InChI=1S/C29H29NO4/c1-19-6-8-20(9-7-19)18-33-26-17-21(10-15-25(26)32-5)16-24-28(31)34-27(30-24)22-11-13-23(14-12-22)29(2,3)4/h6-17H,18H2,1-5H3/b24-16+. The molecule has 1 aliphatic rings. The van der Waals surface area contributed by atoms with Gasteiger partial charge < -0.3 is 14.2 Å². The first-order chi connectivity index (χ1) is 16.2. The van der Waals surface area contributed by atoms with E-state index in [2.05, 4.69) is 37.9 Å². The summed E-state index contributed by atoms with van der Waals surface area (Å²) >= 11 is 0. The Morgan fingerprint density at radius 2 is 1.65 bits per heavy atom. The third-order valence-electron chi connectivity index (χ3n) is 5.62. The number of hydrogen-bond acceptors (Lipinski definition) is 5. The van der Waals surface area contributed by atoms with Crippen molar-refractivity contribution in [3.8, 4) is 11.5 Å². The van der Waals surface area contributed by atoms with Gasteiger partial charge in [-0.25, -0.2) is 9.79 Å². The summed E-state index contributed by atoms with van der Waals surface area (Å²) in [5, 5.41) is 0. The predicted molar refractivity (Wildman–Crippen MR) is 134 cm³/mol. The summed E-state index contributed by atoms with van der Waals surface area (Å²) in [6, 6.07) is 21.6. The minimum absolute atomic E-state index is 0.0470. The molecule has 0 aromatic heterocycles.